The fourth-order valence-corrected chi connectivity index (χ4v) is 2.80. The van der Waals surface area contributed by atoms with E-state index in [0.717, 1.165) is 30.3 Å². The van der Waals surface area contributed by atoms with Crippen LogP contribution < -0.4 is 5.32 Å². The van der Waals surface area contributed by atoms with Crippen molar-refractivity contribution in [2.24, 2.45) is 0 Å². The molecule has 1 heterocycles. The number of ether oxygens (including phenoxy) is 1. The summed E-state index contributed by atoms with van der Waals surface area (Å²) < 4.78 is 18.4. The molecule has 17 heavy (non-hydrogen) atoms. The summed E-state index contributed by atoms with van der Waals surface area (Å²) >= 11 is 1.89. The first kappa shape index (κ1) is 12.7. The first-order valence-electron chi connectivity index (χ1n) is 6.03. The van der Waals surface area contributed by atoms with E-state index in [1.54, 1.807) is 6.07 Å². The SMILES string of the molecule is Fc1cccc(NCCSCC2CCCO2)c1. The third-order valence-corrected chi connectivity index (χ3v) is 3.83. The first-order valence-corrected chi connectivity index (χ1v) is 7.19. The molecule has 1 N–H and O–H groups in total. The summed E-state index contributed by atoms with van der Waals surface area (Å²) in [5.74, 6) is 1.91. The van der Waals surface area contributed by atoms with Gasteiger partial charge in [0.2, 0.25) is 0 Å². The van der Waals surface area contributed by atoms with E-state index >= 15 is 0 Å². The molecule has 0 aliphatic carbocycles. The van der Waals surface area contributed by atoms with E-state index in [-0.39, 0.29) is 5.82 Å². The summed E-state index contributed by atoms with van der Waals surface area (Å²) in [6, 6.07) is 6.58. The Morgan fingerprint density at radius 3 is 3.18 bits per heavy atom. The lowest BCUT2D eigenvalue weighted by molar-refractivity contribution is 0.129. The van der Waals surface area contributed by atoms with Gasteiger partial charge in [0.25, 0.3) is 0 Å². The van der Waals surface area contributed by atoms with E-state index in [4.69, 9.17) is 4.74 Å². The van der Waals surface area contributed by atoms with Crippen LogP contribution in [-0.4, -0.2) is 30.8 Å². The van der Waals surface area contributed by atoms with Gasteiger partial charge in [-0.3, -0.25) is 0 Å². The zero-order valence-electron chi connectivity index (χ0n) is 9.82. The second-order valence-corrected chi connectivity index (χ2v) is 5.30. The first-order chi connectivity index (χ1) is 8.34. The smallest absolute Gasteiger partial charge is 0.125 e. The van der Waals surface area contributed by atoms with E-state index in [9.17, 15) is 4.39 Å². The minimum atomic E-state index is -0.193. The van der Waals surface area contributed by atoms with Gasteiger partial charge in [0.1, 0.15) is 5.82 Å². The van der Waals surface area contributed by atoms with E-state index < -0.39 is 0 Å². The molecule has 1 unspecified atom stereocenters. The summed E-state index contributed by atoms with van der Waals surface area (Å²) in [6.07, 6.45) is 2.85. The predicted octanol–water partition coefficient (Wildman–Crippen LogP) is 3.15. The molecule has 4 heteroatoms. The largest absolute Gasteiger partial charge is 0.384 e. The Morgan fingerprint density at radius 2 is 2.41 bits per heavy atom. The van der Waals surface area contributed by atoms with Gasteiger partial charge in [0.05, 0.1) is 6.10 Å². The number of benzene rings is 1. The van der Waals surface area contributed by atoms with Gasteiger partial charge in [-0.2, -0.15) is 11.8 Å². The number of rotatable bonds is 6. The average molecular weight is 255 g/mol. The van der Waals surface area contributed by atoms with Crippen molar-refractivity contribution in [2.45, 2.75) is 18.9 Å². The van der Waals surface area contributed by atoms with E-state index in [1.807, 2.05) is 17.8 Å². The van der Waals surface area contributed by atoms with Gasteiger partial charge in [-0.25, -0.2) is 4.39 Å². The van der Waals surface area contributed by atoms with Gasteiger partial charge < -0.3 is 10.1 Å². The molecule has 0 saturated carbocycles. The highest BCUT2D eigenvalue weighted by Gasteiger charge is 2.14. The van der Waals surface area contributed by atoms with Crippen LogP contribution in [0.2, 0.25) is 0 Å². The molecule has 1 saturated heterocycles. The highest BCUT2D eigenvalue weighted by Crippen LogP contribution is 2.17. The Kier molecular flexibility index (Phi) is 5.13. The van der Waals surface area contributed by atoms with E-state index in [2.05, 4.69) is 5.32 Å². The van der Waals surface area contributed by atoms with Gasteiger partial charge in [-0.15, -0.1) is 0 Å². The molecule has 0 bridgehead atoms. The highest BCUT2D eigenvalue weighted by molar-refractivity contribution is 7.99. The highest BCUT2D eigenvalue weighted by atomic mass is 32.2. The Morgan fingerprint density at radius 1 is 1.47 bits per heavy atom. The third-order valence-electron chi connectivity index (χ3n) is 2.73. The van der Waals surface area contributed by atoms with Crippen LogP contribution in [0.25, 0.3) is 0 Å². The monoisotopic (exact) mass is 255 g/mol. The van der Waals surface area contributed by atoms with E-state index in [1.165, 1.54) is 25.0 Å². The summed E-state index contributed by atoms with van der Waals surface area (Å²) in [7, 11) is 0. The van der Waals surface area contributed by atoms with Crippen molar-refractivity contribution >= 4 is 17.4 Å². The molecule has 1 aliphatic rings. The molecule has 0 spiro atoms. The number of hydrogen-bond acceptors (Lipinski definition) is 3. The lowest BCUT2D eigenvalue weighted by atomic mass is 10.3. The van der Waals surface area contributed by atoms with Gasteiger partial charge in [-0.05, 0) is 31.0 Å². The van der Waals surface area contributed by atoms with Crippen LogP contribution in [0.3, 0.4) is 0 Å². The Hall–Kier alpha value is -0.740. The molecule has 2 rings (SSSR count). The molecular weight excluding hydrogens is 237 g/mol. The molecule has 0 aromatic heterocycles. The molecule has 1 aromatic carbocycles. The second kappa shape index (κ2) is 6.87. The number of halogens is 1. The predicted molar refractivity (Wildman–Crippen MR) is 71.2 cm³/mol. The normalized spacial score (nSPS) is 19.5. The number of hydrogen-bond donors (Lipinski definition) is 1. The van der Waals surface area contributed by atoms with Crippen LogP contribution in [0.1, 0.15) is 12.8 Å². The zero-order chi connectivity index (χ0) is 11.9. The van der Waals surface area contributed by atoms with Gasteiger partial charge in [0.15, 0.2) is 0 Å². The minimum Gasteiger partial charge on any atom is -0.384 e. The molecule has 94 valence electrons. The quantitative estimate of drug-likeness (QED) is 0.789. The fourth-order valence-electron chi connectivity index (χ4n) is 1.86. The minimum absolute atomic E-state index is 0.193. The maximum Gasteiger partial charge on any atom is 0.125 e. The Bertz CT molecular complexity index is 342. The molecule has 1 fully saturated rings. The third kappa shape index (κ3) is 4.56. The molecular formula is C13H18FNOS. The molecule has 2 nitrogen and oxygen atoms in total. The van der Waals surface area contributed by atoms with Crippen molar-refractivity contribution in [1.82, 2.24) is 0 Å². The zero-order valence-corrected chi connectivity index (χ0v) is 10.6. The van der Waals surface area contributed by atoms with Crippen LogP contribution in [0, 0.1) is 5.82 Å². The molecule has 1 atom stereocenters. The molecule has 0 radical (unpaired) electrons. The second-order valence-electron chi connectivity index (χ2n) is 4.15. The van der Waals surface area contributed by atoms with Crippen molar-refractivity contribution in [2.75, 3.05) is 30.0 Å². The van der Waals surface area contributed by atoms with Crippen LogP contribution in [-0.2, 0) is 4.74 Å². The summed E-state index contributed by atoms with van der Waals surface area (Å²) in [6.45, 7) is 1.79. The van der Waals surface area contributed by atoms with Crippen LogP contribution in [0.5, 0.6) is 0 Å². The van der Waals surface area contributed by atoms with Gasteiger partial charge in [0, 0.05) is 30.3 Å². The maximum absolute atomic E-state index is 12.9. The van der Waals surface area contributed by atoms with Crippen molar-refractivity contribution in [3.05, 3.63) is 30.1 Å². The maximum atomic E-state index is 12.9. The van der Waals surface area contributed by atoms with Crippen LogP contribution >= 0.6 is 11.8 Å². The Balaban J connectivity index is 1.56. The molecule has 1 aliphatic heterocycles. The summed E-state index contributed by atoms with van der Waals surface area (Å²) in [5, 5.41) is 3.21. The van der Waals surface area contributed by atoms with Crippen molar-refractivity contribution in [3.63, 3.8) is 0 Å². The van der Waals surface area contributed by atoms with Crippen molar-refractivity contribution in [1.29, 1.82) is 0 Å². The van der Waals surface area contributed by atoms with Crippen LogP contribution in [0.15, 0.2) is 24.3 Å². The summed E-state index contributed by atoms with van der Waals surface area (Å²) in [4.78, 5) is 0. The molecule has 1 aromatic rings. The average Bonchev–Trinajstić information content (AvgIpc) is 2.82. The van der Waals surface area contributed by atoms with Gasteiger partial charge in [-0.1, -0.05) is 6.07 Å². The number of anilines is 1. The van der Waals surface area contributed by atoms with Crippen molar-refractivity contribution < 1.29 is 9.13 Å². The van der Waals surface area contributed by atoms with Crippen LogP contribution in [0.4, 0.5) is 10.1 Å². The van der Waals surface area contributed by atoms with E-state index in [0.29, 0.717) is 6.10 Å². The Labute approximate surface area is 106 Å². The van der Waals surface area contributed by atoms with Crippen molar-refractivity contribution in [3.8, 4) is 0 Å². The van der Waals surface area contributed by atoms with Gasteiger partial charge >= 0.3 is 0 Å². The molecule has 0 amide bonds. The standard InChI is InChI=1S/C13H18FNOS/c14-11-3-1-4-12(9-11)15-6-8-17-10-13-5-2-7-16-13/h1,3-4,9,13,15H,2,5-8,10H2. The lowest BCUT2D eigenvalue weighted by Crippen LogP contribution is -2.11. The number of thioether (sulfide) groups is 1. The summed E-state index contributed by atoms with van der Waals surface area (Å²) in [5.41, 5.74) is 0.850. The lowest BCUT2D eigenvalue weighted by Gasteiger charge is -2.09. The topological polar surface area (TPSA) is 21.3 Å². The fraction of sp³-hybridized carbons (Fsp3) is 0.538. The number of nitrogens with one attached hydrogen (secondary N) is 1.